The number of aliphatic imine (C=N–C) groups is 1. The van der Waals surface area contributed by atoms with Crippen molar-refractivity contribution in [2.75, 3.05) is 6.54 Å². The lowest BCUT2D eigenvalue weighted by molar-refractivity contribution is 0.274. The van der Waals surface area contributed by atoms with Crippen LogP contribution < -0.4 is 5.32 Å². The summed E-state index contributed by atoms with van der Waals surface area (Å²) in [7, 11) is 0. The highest BCUT2D eigenvalue weighted by Crippen LogP contribution is 2.28. The van der Waals surface area contributed by atoms with E-state index in [9.17, 15) is 0 Å². The summed E-state index contributed by atoms with van der Waals surface area (Å²) in [5.74, 6) is 0. The highest BCUT2D eigenvalue weighted by molar-refractivity contribution is 5.96. The lowest BCUT2D eigenvalue weighted by Crippen LogP contribution is -2.42. The zero-order valence-electron chi connectivity index (χ0n) is 10.7. The van der Waals surface area contributed by atoms with Crippen LogP contribution in [-0.2, 0) is 0 Å². The van der Waals surface area contributed by atoms with Crippen LogP contribution in [0.3, 0.4) is 0 Å². The summed E-state index contributed by atoms with van der Waals surface area (Å²) in [6.07, 6.45) is 11.4. The zero-order valence-corrected chi connectivity index (χ0v) is 10.7. The van der Waals surface area contributed by atoms with E-state index >= 15 is 0 Å². The predicted octanol–water partition coefficient (Wildman–Crippen LogP) is 3.44. The van der Waals surface area contributed by atoms with E-state index in [1.807, 2.05) is 0 Å². The summed E-state index contributed by atoms with van der Waals surface area (Å²) in [5, 5.41) is 3.70. The van der Waals surface area contributed by atoms with Crippen molar-refractivity contribution < 1.29 is 0 Å². The monoisotopic (exact) mass is 220 g/mol. The molecule has 0 bridgehead atoms. The fraction of sp³-hybridized carbons (Fsp3) is 0.786. The van der Waals surface area contributed by atoms with Gasteiger partial charge in [0, 0.05) is 23.5 Å². The number of hydrogen-bond donors (Lipinski definition) is 1. The third-order valence-electron chi connectivity index (χ3n) is 3.75. The topological polar surface area (TPSA) is 24.4 Å². The predicted molar refractivity (Wildman–Crippen MR) is 69.9 cm³/mol. The minimum absolute atomic E-state index is 0.331. The summed E-state index contributed by atoms with van der Waals surface area (Å²) < 4.78 is 0. The van der Waals surface area contributed by atoms with Gasteiger partial charge in [0.25, 0.3) is 0 Å². The molecular formula is C14H24N2. The SMILES string of the molecule is C/C(=C\C1=NCCC1)NC1(C)CCCCC1. The smallest absolute Gasteiger partial charge is 0.0396 e. The van der Waals surface area contributed by atoms with Crippen molar-refractivity contribution in [3.8, 4) is 0 Å². The first-order chi connectivity index (χ1) is 7.68. The minimum atomic E-state index is 0.331. The number of rotatable bonds is 3. The van der Waals surface area contributed by atoms with Crippen LogP contribution in [-0.4, -0.2) is 17.8 Å². The molecule has 0 amide bonds. The molecule has 1 heterocycles. The molecule has 0 spiro atoms. The van der Waals surface area contributed by atoms with Gasteiger partial charge in [-0.15, -0.1) is 0 Å². The molecule has 1 fully saturated rings. The van der Waals surface area contributed by atoms with Crippen molar-refractivity contribution in [1.82, 2.24) is 5.32 Å². The van der Waals surface area contributed by atoms with Gasteiger partial charge < -0.3 is 5.32 Å². The molecule has 90 valence electrons. The van der Waals surface area contributed by atoms with Crippen molar-refractivity contribution in [2.45, 2.75) is 64.3 Å². The summed E-state index contributed by atoms with van der Waals surface area (Å²) >= 11 is 0. The van der Waals surface area contributed by atoms with Crippen LogP contribution in [0.15, 0.2) is 16.8 Å². The first-order valence-corrected chi connectivity index (χ1v) is 6.68. The van der Waals surface area contributed by atoms with E-state index in [1.165, 1.54) is 49.9 Å². The molecule has 0 unspecified atom stereocenters. The lowest BCUT2D eigenvalue weighted by Gasteiger charge is -2.36. The molecule has 16 heavy (non-hydrogen) atoms. The molecule has 1 aliphatic heterocycles. The summed E-state index contributed by atoms with van der Waals surface area (Å²) in [6.45, 7) is 5.57. The van der Waals surface area contributed by atoms with Crippen LogP contribution in [0.25, 0.3) is 0 Å². The molecule has 0 aromatic heterocycles. The average Bonchev–Trinajstić information content (AvgIpc) is 2.70. The Morgan fingerprint density at radius 2 is 2.00 bits per heavy atom. The first-order valence-electron chi connectivity index (χ1n) is 6.68. The maximum Gasteiger partial charge on any atom is 0.0396 e. The van der Waals surface area contributed by atoms with E-state index in [1.54, 1.807) is 0 Å². The first kappa shape index (κ1) is 11.7. The van der Waals surface area contributed by atoms with E-state index in [4.69, 9.17) is 0 Å². The van der Waals surface area contributed by atoms with Gasteiger partial charge in [-0.05, 0) is 45.6 Å². The average molecular weight is 220 g/mol. The molecule has 1 saturated carbocycles. The van der Waals surface area contributed by atoms with E-state index in [2.05, 4.69) is 30.2 Å². The van der Waals surface area contributed by atoms with Gasteiger partial charge in [0.1, 0.15) is 0 Å². The van der Waals surface area contributed by atoms with Crippen molar-refractivity contribution in [2.24, 2.45) is 4.99 Å². The van der Waals surface area contributed by atoms with Crippen molar-refractivity contribution in [3.05, 3.63) is 11.8 Å². The Hall–Kier alpha value is -0.790. The van der Waals surface area contributed by atoms with Gasteiger partial charge >= 0.3 is 0 Å². The second-order valence-electron chi connectivity index (χ2n) is 5.55. The molecule has 0 aromatic carbocycles. The largest absolute Gasteiger partial charge is 0.383 e. The molecule has 2 rings (SSSR count). The second kappa shape index (κ2) is 5.03. The maximum atomic E-state index is 4.49. The van der Waals surface area contributed by atoms with Gasteiger partial charge in [-0.3, -0.25) is 4.99 Å². The van der Waals surface area contributed by atoms with Crippen LogP contribution in [0, 0.1) is 0 Å². The van der Waals surface area contributed by atoms with E-state index in [-0.39, 0.29) is 0 Å². The summed E-state index contributed by atoms with van der Waals surface area (Å²) in [4.78, 5) is 4.49. The molecule has 2 heteroatoms. The third kappa shape index (κ3) is 3.10. The minimum Gasteiger partial charge on any atom is -0.383 e. The fourth-order valence-corrected chi connectivity index (χ4v) is 2.90. The van der Waals surface area contributed by atoms with E-state index in [0.29, 0.717) is 5.54 Å². The van der Waals surface area contributed by atoms with Gasteiger partial charge in [-0.1, -0.05) is 19.3 Å². The molecule has 0 atom stereocenters. The Morgan fingerprint density at radius 1 is 1.25 bits per heavy atom. The highest BCUT2D eigenvalue weighted by atomic mass is 15.0. The van der Waals surface area contributed by atoms with Crippen LogP contribution in [0.4, 0.5) is 0 Å². The molecule has 1 aliphatic carbocycles. The van der Waals surface area contributed by atoms with Crippen LogP contribution in [0.5, 0.6) is 0 Å². The van der Waals surface area contributed by atoms with E-state index in [0.717, 1.165) is 13.0 Å². The maximum absolute atomic E-state index is 4.49. The molecule has 2 nitrogen and oxygen atoms in total. The Morgan fingerprint density at radius 3 is 2.62 bits per heavy atom. The van der Waals surface area contributed by atoms with Gasteiger partial charge in [0.2, 0.25) is 0 Å². The molecule has 0 radical (unpaired) electrons. The molecule has 0 saturated heterocycles. The highest BCUT2D eigenvalue weighted by Gasteiger charge is 2.26. The van der Waals surface area contributed by atoms with Crippen molar-refractivity contribution in [3.63, 3.8) is 0 Å². The van der Waals surface area contributed by atoms with Gasteiger partial charge in [0.15, 0.2) is 0 Å². The quantitative estimate of drug-likeness (QED) is 0.774. The Balaban J connectivity index is 1.92. The Kier molecular flexibility index (Phi) is 3.67. The standard InChI is InChI=1S/C14H24N2/c1-12(11-13-7-6-10-15-13)16-14(2)8-4-3-5-9-14/h11,16H,3-10H2,1-2H3/b12-11+. The van der Waals surface area contributed by atoms with Crippen molar-refractivity contribution in [1.29, 1.82) is 0 Å². The van der Waals surface area contributed by atoms with Gasteiger partial charge in [0.05, 0.1) is 0 Å². The third-order valence-corrected chi connectivity index (χ3v) is 3.75. The van der Waals surface area contributed by atoms with Crippen LogP contribution in [0.1, 0.15) is 58.8 Å². The second-order valence-corrected chi connectivity index (χ2v) is 5.55. The number of hydrogen-bond acceptors (Lipinski definition) is 2. The number of allylic oxidation sites excluding steroid dienone is 2. The van der Waals surface area contributed by atoms with Gasteiger partial charge in [-0.2, -0.15) is 0 Å². The molecule has 2 aliphatic rings. The van der Waals surface area contributed by atoms with E-state index < -0.39 is 0 Å². The van der Waals surface area contributed by atoms with Gasteiger partial charge in [-0.25, -0.2) is 0 Å². The lowest BCUT2D eigenvalue weighted by atomic mass is 9.83. The Bertz CT molecular complexity index is 296. The summed E-state index contributed by atoms with van der Waals surface area (Å²) in [5.41, 5.74) is 2.91. The summed E-state index contributed by atoms with van der Waals surface area (Å²) in [6, 6.07) is 0. The van der Waals surface area contributed by atoms with Crippen LogP contribution in [0.2, 0.25) is 0 Å². The van der Waals surface area contributed by atoms with Crippen LogP contribution >= 0.6 is 0 Å². The number of nitrogens with zero attached hydrogens (tertiary/aromatic N) is 1. The number of nitrogens with one attached hydrogen (secondary N) is 1. The van der Waals surface area contributed by atoms with Crippen molar-refractivity contribution >= 4 is 5.71 Å². The molecular weight excluding hydrogens is 196 g/mol. The zero-order chi connectivity index (χ0) is 11.4. The normalized spacial score (nSPS) is 25.4. The Labute approximate surface area is 99.2 Å². The fourth-order valence-electron chi connectivity index (χ4n) is 2.90. The molecule has 0 aromatic rings. The molecule has 1 N–H and O–H groups in total.